The van der Waals surface area contributed by atoms with Crippen LogP contribution in [0.25, 0.3) is 10.1 Å². The third kappa shape index (κ3) is 1.54. The molecule has 0 saturated carbocycles. The largest absolute Gasteiger partial charge is 0.326 e. The van der Waals surface area contributed by atoms with Crippen LogP contribution in [0.4, 0.5) is 0 Å². The molecule has 1 heterocycles. The molecule has 4 N–H and O–H groups in total. The van der Waals surface area contributed by atoms with Crippen molar-refractivity contribution in [2.75, 3.05) is 0 Å². The quantitative estimate of drug-likeness (QED) is 0.791. The fourth-order valence-electron chi connectivity index (χ4n) is 1.54. The summed E-state index contributed by atoms with van der Waals surface area (Å²) in [5.41, 5.74) is 13.0. The summed E-state index contributed by atoms with van der Waals surface area (Å²) in [7, 11) is 0. The van der Waals surface area contributed by atoms with Crippen molar-refractivity contribution in [1.82, 2.24) is 0 Å². The van der Waals surface area contributed by atoms with Crippen molar-refractivity contribution in [3.8, 4) is 0 Å². The molecule has 0 aliphatic carbocycles. The molecule has 74 valence electrons. The Hall–Kier alpha value is -0.900. The van der Waals surface area contributed by atoms with Gasteiger partial charge in [0.05, 0.1) is 0 Å². The third-order valence-electron chi connectivity index (χ3n) is 2.44. The van der Waals surface area contributed by atoms with E-state index in [1.807, 2.05) is 19.1 Å². The van der Waals surface area contributed by atoms with Crippen LogP contribution in [-0.4, -0.2) is 6.04 Å². The molecule has 2 unspecified atom stereocenters. The van der Waals surface area contributed by atoms with Crippen LogP contribution in [0.1, 0.15) is 18.5 Å². The predicted molar refractivity (Wildman–Crippen MR) is 62.4 cm³/mol. The van der Waals surface area contributed by atoms with Crippen LogP contribution >= 0.6 is 11.3 Å². The van der Waals surface area contributed by atoms with E-state index in [9.17, 15) is 0 Å². The summed E-state index contributed by atoms with van der Waals surface area (Å²) >= 11 is 1.72. The first-order valence-electron chi connectivity index (χ1n) is 4.67. The molecule has 0 aliphatic rings. The van der Waals surface area contributed by atoms with E-state index < -0.39 is 0 Å². The lowest BCUT2D eigenvalue weighted by molar-refractivity contribution is 0.594. The normalized spacial score (nSPS) is 15.6. The molecule has 1 aromatic carbocycles. The van der Waals surface area contributed by atoms with Crippen LogP contribution in [0, 0.1) is 0 Å². The first-order chi connectivity index (χ1) is 6.70. The van der Waals surface area contributed by atoms with Gasteiger partial charge in [-0.2, -0.15) is 0 Å². The van der Waals surface area contributed by atoms with E-state index in [-0.39, 0.29) is 12.1 Å². The number of rotatable bonds is 2. The Morgan fingerprint density at radius 1 is 1.21 bits per heavy atom. The number of nitrogens with two attached hydrogens (primary N) is 2. The first kappa shape index (κ1) is 9.65. The predicted octanol–water partition coefficient (Wildman–Crippen LogP) is 2.25. The molecule has 0 radical (unpaired) electrons. The summed E-state index contributed by atoms with van der Waals surface area (Å²) in [5, 5.41) is 3.35. The highest BCUT2D eigenvalue weighted by atomic mass is 32.1. The maximum Gasteiger partial charge on any atom is 0.0460 e. The maximum absolute atomic E-state index is 6.03. The van der Waals surface area contributed by atoms with Gasteiger partial charge in [-0.25, -0.2) is 0 Å². The number of fused-ring (bicyclic) bond motifs is 1. The second-order valence-electron chi connectivity index (χ2n) is 3.57. The van der Waals surface area contributed by atoms with Crippen LogP contribution in [0.15, 0.2) is 29.6 Å². The van der Waals surface area contributed by atoms with Gasteiger partial charge in [-0.3, -0.25) is 0 Å². The molecule has 2 aromatic rings. The Bertz CT molecular complexity index is 434. The van der Waals surface area contributed by atoms with Gasteiger partial charge in [0.1, 0.15) is 0 Å². The molecule has 1 aromatic heterocycles. The zero-order valence-corrected chi connectivity index (χ0v) is 8.92. The molecular formula is C11H14N2S. The lowest BCUT2D eigenvalue weighted by atomic mass is 10.0. The molecule has 2 atom stereocenters. The van der Waals surface area contributed by atoms with Crippen molar-refractivity contribution >= 4 is 21.4 Å². The van der Waals surface area contributed by atoms with E-state index >= 15 is 0 Å². The summed E-state index contributed by atoms with van der Waals surface area (Å²) in [4.78, 5) is 0. The van der Waals surface area contributed by atoms with E-state index in [1.54, 1.807) is 11.3 Å². The van der Waals surface area contributed by atoms with E-state index in [2.05, 4.69) is 17.5 Å². The van der Waals surface area contributed by atoms with Crippen LogP contribution in [0.3, 0.4) is 0 Å². The van der Waals surface area contributed by atoms with Crippen molar-refractivity contribution in [2.24, 2.45) is 11.5 Å². The van der Waals surface area contributed by atoms with Crippen molar-refractivity contribution in [2.45, 2.75) is 19.0 Å². The Kier molecular flexibility index (Phi) is 2.54. The zero-order chi connectivity index (χ0) is 10.1. The molecule has 0 aliphatic heterocycles. The topological polar surface area (TPSA) is 52.0 Å². The monoisotopic (exact) mass is 206 g/mol. The van der Waals surface area contributed by atoms with Gasteiger partial charge in [-0.05, 0) is 29.3 Å². The van der Waals surface area contributed by atoms with E-state index in [0.717, 1.165) is 0 Å². The first-order valence-corrected chi connectivity index (χ1v) is 5.55. The van der Waals surface area contributed by atoms with Crippen LogP contribution in [0.5, 0.6) is 0 Å². The minimum atomic E-state index is -0.0638. The lowest BCUT2D eigenvalue weighted by Gasteiger charge is -2.14. The highest BCUT2D eigenvalue weighted by Crippen LogP contribution is 2.29. The summed E-state index contributed by atoms with van der Waals surface area (Å²) in [5.74, 6) is 0. The zero-order valence-electron chi connectivity index (χ0n) is 8.10. The van der Waals surface area contributed by atoms with Crippen LogP contribution < -0.4 is 11.5 Å². The minimum Gasteiger partial charge on any atom is -0.326 e. The van der Waals surface area contributed by atoms with Gasteiger partial charge in [-0.1, -0.05) is 18.2 Å². The van der Waals surface area contributed by atoms with Gasteiger partial charge in [-0.15, -0.1) is 11.3 Å². The molecule has 0 fully saturated rings. The minimum absolute atomic E-state index is 0.00648. The summed E-state index contributed by atoms with van der Waals surface area (Å²) in [6.45, 7) is 1.94. The molecule has 14 heavy (non-hydrogen) atoms. The van der Waals surface area contributed by atoms with Gasteiger partial charge >= 0.3 is 0 Å². The van der Waals surface area contributed by atoms with Crippen molar-refractivity contribution in [3.05, 3.63) is 35.2 Å². The Balaban J connectivity index is 2.53. The van der Waals surface area contributed by atoms with E-state index in [1.165, 1.54) is 15.6 Å². The Morgan fingerprint density at radius 2 is 1.93 bits per heavy atom. The fraction of sp³-hybridized carbons (Fsp3) is 0.273. The summed E-state index contributed by atoms with van der Waals surface area (Å²) < 4.78 is 1.28. The number of hydrogen-bond acceptors (Lipinski definition) is 3. The van der Waals surface area contributed by atoms with Crippen LogP contribution in [-0.2, 0) is 0 Å². The molecule has 3 heteroatoms. The second kappa shape index (κ2) is 3.69. The van der Waals surface area contributed by atoms with E-state index in [0.29, 0.717) is 0 Å². The Morgan fingerprint density at radius 3 is 2.64 bits per heavy atom. The highest BCUT2D eigenvalue weighted by molar-refractivity contribution is 7.17. The van der Waals surface area contributed by atoms with E-state index in [4.69, 9.17) is 11.5 Å². The molecular weight excluding hydrogens is 192 g/mol. The van der Waals surface area contributed by atoms with Gasteiger partial charge in [0.15, 0.2) is 0 Å². The molecule has 2 rings (SSSR count). The standard InChI is InChI=1S/C11H14N2S/c1-7(12)11(13)9-6-14-10-5-3-2-4-8(9)10/h2-7,11H,12-13H2,1H3. The average Bonchev–Trinajstić information content (AvgIpc) is 2.60. The number of thiophene rings is 1. The van der Waals surface area contributed by atoms with Gasteiger partial charge in [0, 0.05) is 16.8 Å². The highest BCUT2D eigenvalue weighted by Gasteiger charge is 2.14. The smallest absolute Gasteiger partial charge is 0.0460 e. The summed E-state index contributed by atoms with van der Waals surface area (Å²) in [6.07, 6.45) is 0. The molecule has 0 amide bonds. The molecule has 2 nitrogen and oxygen atoms in total. The fourth-order valence-corrected chi connectivity index (χ4v) is 2.55. The number of hydrogen-bond donors (Lipinski definition) is 2. The maximum atomic E-state index is 6.03. The number of benzene rings is 1. The van der Waals surface area contributed by atoms with Crippen LogP contribution in [0.2, 0.25) is 0 Å². The Labute approximate surface area is 87.5 Å². The summed E-state index contributed by atoms with van der Waals surface area (Å²) in [6, 6.07) is 8.21. The second-order valence-corrected chi connectivity index (χ2v) is 4.48. The average molecular weight is 206 g/mol. The molecule has 0 spiro atoms. The third-order valence-corrected chi connectivity index (χ3v) is 3.42. The van der Waals surface area contributed by atoms with Gasteiger partial charge in [0.2, 0.25) is 0 Å². The van der Waals surface area contributed by atoms with Crippen molar-refractivity contribution in [1.29, 1.82) is 0 Å². The molecule has 0 bridgehead atoms. The van der Waals surface area contributed by atoms with Crippen molar-refractivity contribution in [3.63, 3.8) is 0 Å². The SMILES string of the molecule is CC(N)C(N)c1csc2ccccc12. The van der Waals surface area contributed by atoms with Gasteiger partial charge in [0.25, 0.3) is 0 Å². The molecule has 0 saturated heterocycles. The van der Waals surface area contributed by atoms with Gasteiger partial charge < -0.3 is 11.5 Å². The lowest BCUT2D eigenvalue weighted by Crippen LogP contribution is -2.30. The van der Waals surface area contributed by atoms with Crippen molar-refractivity contribution < 1.29 is 0 Å².